The van der Waals surface area contributed by atoms with Gasteiger partial charge in [0.15, 0.2) is 5.82 Å². The first-order valence-corrected chi connectivity index (χ1v) is 5.07. The second-order valence-corrected chi connectivity index (χ2v) is 3.98. The van der Waals surface area contributed by atoms with E-state index in [9.17, 15) is 31.1 Å². The first-order valence-electron chi connectivity index (χ1n) is 4.28. The highest BCUT2D eigenvalue weighted by atomic mass is 79.9. The van der Waals surface area contributed by atoms with Crippen LogP contribution in [0.15, 0.2) is 16.6 Å². The number of benzene rings is 1. The van der Waals surface area contributed by atoms with Gasteiger partial charge >= 0.3 is 18.3 Å². The number of nitrogens with one attached hydrogen (secondary N) is 1. The number of amides is 1. The summed E-state index contributed by atoms with van der Waals surface area (Å²) >= 11 is 2.60. The fourth-order valence-electron chi connectivity index (χ4n) is 0.958. The normalized spacial score (nSPS) is 11.8. The molecule has 1 rings (SSSR count). The SMILES string of the molecule is O=C(Nc1c(F)cc(F)cc1Br)C(F)(F)C(F)F. The van der Waals surface area contributed by atoms with Crippen LogP contribution in [0.5, 0.6) is 0 Å². The molecule has 1 aromatic carbocycles. The van der Waals surface area contributed by atoms with Crippen LogP contribution in [-0.2, 0) is 4.79 Å². The van der Waals surface area contributed by atoms with Gasteiger partial charge in [0.05, 0.1) is 5.69 Å². The van der Waals surface area contributed by atoms with Crippen LogP contribution in [-0.4, -0.2) is 18.3 Å². The van der Waals surface area contributed by atoms with E-state index in [1.54, 1.807) is 0 Å². The van der Waals surface area contributed by atoms with Crippen LogP contribution in [0.3, 0.4) is 0 Å². The molecular formula is C9H4BrF6NO. The number of carbonyl (C=O) groups is 1. The molecule has 0 aliphatic heterocycles. The van der Waals surface area contributed by atoms with Gasteiger partial charge in [-0.05, 0) is 22.0 Å². The Morgan fingerprint density at radius 3 is 2.28 bits per heavy atom. The van der Waals surface area contributed by atoms with Crippen molar-refractivity contribution >= 4 is 27.5 Å². The van der Waals surface area contributed by atoms with Crippen molar-refractivity contribution in [3.8, 4) is 0 Å². The molecule has 0 saturated heterocycles. The summed E-state index contributed by atoms with van der Waals surface area (Å²) in [5.74, 6) is -9.76. The fourth-order valence-corrected chi connectivity index (χ4v) is 1.46. The van der Waals surface area contributed by atoms with Crippen molar-refractivity contribution < 1.29 is 31.1 Å². The van der Waals surface area contributed by atoms with Crippen molar-refractivity contribution in [3.63, 3.8) is 0 Å². The summed E-state index contributed by atoms with van der Waals surface area (Å²) in [5, 5.41) is 1.27. The van der Waals surface area contributed by atoms with Crippen LogP contribution in [0.2, 0.25) is 0 Å². The molecule has 2 nitrogen and oxygen atoms in total. The van der Waals surface area contributed by atoms with E-state index in [0.29, 0.717) is 12.1 Å². The van der Waals surface area contributed by atoms with Crippen molar-refractivity contribution in [3.05, 3.63) is 28.2 Å². The molecule has 1 amide bonds. The van der Waals surface area contributed by atoms with Gasteiger partial charge < -0.3 is 5.32 Å². The molecule has 0 heterocycles. The minimum absolute atomic E-state index is 0.306. The Kier molecular flexibility index (Phi) is 4.25. The molecule has 9 heteroatoms. The average Bonchev–Trinajstić information content (AvgIpc) is 2.22. The predicted molar refractivity (Wildman–Crippen MR) is 53.6 cm³/mol. The fraction of sp³-hybridized carbons (Fsp3) is 0.222. The molecular weight excluding hydrogens is 332 g/mol. The summed E-state index contributed by atoms with van der Waals surface area (Å²) < 4.78 is 74.3. The zero-order chi connectivity index (χ0) is 14.1. The van der Waals surface area contributed by atoms with Gasteiger partial charge in [-0.1, -0.05) is 0 Å². The quantitative estimate of drug-likeness (QED) is 0.841. The summed E-state index contributed by atoms with van der Waals surface area (Å²) in [6.07, 6.45) is -4.24. The lowest BCUT2D eigenvalue weighted by Crippen LogP contribution is -2.41. The average molecular weight is 336 g/mol. The Bertz CT molecular complexity index is 455. The van der Waals surface area contributed by atoms with Crippen molar-refractivity contribution in [2.24, 2.45) is 0 Å². The third kappa shape index (κ3) is 2.95. The van der Waals surface area contributed by atoms with Crippen LogP contribution in [0.1, 0.15) is 0 Å². The van der Waals surface area contributed by atoms with Crippen molar-refractivity contribution in [1.82, 2.24) is 0 Å². The van der Waals surface area contributed by atoms with Gasteiger partial charge in [-0.25, -0.2) is 17.6 Å². The topological polar surface area (TPSA) is 29.1 Å². The molecule has 1 N–H and O–H groups in total. The number of anilines is 1. The van der Waals surface area contributed by atoms with Crippen molar-refractivity contribution in [2.75, 3.05) is 5.32 Å². The summed E-state index contributed by atoms with van der Waals surface area (Å²) in [4.78, 5) is 10.8. The Hall–Kier alpha value is -1.25. The molecule has 100 valence electrons. The molecule has 0 spiro atoms. The van der Waals surface area contributed by atoms with Crippen LogP contribution in [0.25, 0.3) is 0 Å². The van der Waals surface area contributed by atoms with Crippen LogP contribution >= 0.6 is 15.9 Å². The highest BCUT2D eigenvalue weighted by molar-refractivity contribution is 9.10. The summed E-state index contributed by atoms with van der Waals surface area (Å²) in [6, 6.07) is 0.986. The van der Waals surface area contributed by atoms with E-state index in [-0.39, 0.29) is 0 Å². The van der Waals surface area contributed by atoms with Crippen LogP contribution < -0.4 is 5.32 Å². The van der Waals surface area contributed by atoms with Crippen molar-refractivity contribution in [1.29, 1.82) is 0 Å². The maximum Gasteiger partial charge on any atom is 0.383 e. The lowest BCUT2D eigenvalue weighted by Gasteiger charge is -2.15. The number of halogens is 7. The number of rotatable bonds is 3. The molecule has 0 bridgehead atoms. The van der Waals surface area contributed by atoms with Gasteiger partial charge in [0.25, 0.3) is 0 Å². The van der Waals surface area contributed by atoms with Gasteiger partial charge in [0.2, 0.25) is 0 Å². The minimum Gasteiger partial charge on any atom is -0.317 e. The maximum atomic E-state index is 13.1. The Morgan fingerprint density at radius 2 is 1.83 bits per heavy atom. The van der Waals surface area contributed by atoms with Gasteiger partial charge in [-0.15, -0.1) is 0 Å². The molecule has 0 aromatic heterocycles. The third-order valence-corrected chi connectivity index (χ3v) is 2.45. The molecule has 0 radical (unpaired) electrons. The molecule has 0 atom stereocenters. The zero-order valence-electron chi connectivity index (χ0n) is 8.29. The van der Waals surface area contributed by atoms with E-state index < -0.39 is 40.0 Å². The standard InChI is InChI=1S/C9H4BrF6NO/c10-4-1-3(11)2-5(12)6(4)17-8(18)9(15,16)7(13)14/h1-2,7H,(H,17,18). The Balaban J connectivity index is 3.03. The number of carbonyl (C=O) groups excluding carboxylic acids is 1. The lowest BCUT2D eigenvalue weighted by molar-refractivity contribution is -0.163. The highest BCUT2D eigenvalue weighted by Crippen LogP contribution is 2.30. The first kappa shape index (κ1) is 14.8. The Labute approximate surface area is 105 Å². The minimum atomic E-state index is -4.97. The predicted octanol–water partition coefficient (Wildman–Crippen LogP) is 3.57. The molecule has 0 fully saturated rings. The smallest absolute Gasteiger partial charge is 0.317 e. The Morgan fingerprint density at radius 1 is 1.28 bits per heavy atom. The van der Waals surface area contributed by atoms with Gasteiger partial charge in [0, 0.05) is 10.5 Å². The van der Waals surface area contributed by atoms with E-state index in [4.69, 9.17) is 0 Å². The second-order valence-electron chi connectivity index (χ2n) is 3.12. The molecule has 18 heavy (non-hydrogen) atoms. The summed E-state index contributed by atoms with van der Waals surface area (Å²) in [6.45, 7) is 0. The molecule has 0 saturated carbocycles. The largest absolute Gasteiger partial charge is 0.383 e. The molecule has 0 unspecified atom stereocenters. The lowest BCUT2D eigenvalue weighted by atomic mass is 10.2. The van der Waals surface area contributed by atoms with E-state index in [0.717, 1.165) is 0 Å². The van der Waals surface area contributed by atoms with Gasteiger partial charge in [-0.3, -0.25) is 4.79 Å². The maximum absolute atomic E-state index is 13.1. The van der Waals surface area contributed by atoms with Crippen LogP contribution in [0, 0.1) is 11.6 Å². The second kappa shape index (κ2) is 5.17. The number of hydrogen-bond acceptors (Lipinski definition) is 1. The van der Waals surface area contributed by atoms with E-state index in [1.165, 1.54) is 5.32 Å². The first-order chi connectivity index (χ1) is 8.16. The van der Waals surface area contributed by atoms with E-state index in [1.807, 2.05) is 0 Å². The number of alkyl halides is 4. The molecule has 0 aliphatic rings. The van der Waals surface area contributed by atoms with E-state index >= 15 is 0 Å². The molecule has 1 aromatic rings. The van der Waals surface area contributed by atoms with Crippen molar-refractivity contribution in [2.45, 2.75) is 12.3 Å². The summed E-state index contributed by atoms with van der Waals surface area (Å²) in [5.41, 5.74) is -0.846. The monoisotopic (exact) mass is 335 g/mol. The third-order valence-electron chi connectivity index (χ3n) is 1.82. The number of hydrogen-bond donors (Lipinski definition) is 1. The van der Waals surface area contributed by atoms with Crippen LogP contribution in [0.4, 0.5) is 32.0 Å². The highest BCUT2D eigenvalue weighted by Gasteiger charge is 2.49. The zero-order valence-corrected chi connectivity index (χ0v) is 9.87. The summed E-state index contributed by atoms with van der Waals surface area (Å²) in [7, 11) is 0. The molecule has 0 aliphatic carbocycles. The van der Waals surface area contributed by atoms with E-state index in [2.05, 4.69) is 15.9 Å². The van der Waals surface area contributed by atoms with Gasteiger partial charge in [0.1, 0.15) is 5.82 Å². The van der Waals surface area contributed by atoms with Gasteiger partial charge in [-0.2, -0.15) is 8.78 Å².